The van der Waals surface area contributed by atoms with Crippen LogP contribution in [0.5, 0.6) is 11.5 Å². The van der Waals surface area contributed by atoms with Crippen molar-refractivity contribution in [3.05, 3.63) is 18.2 Å². The van der Waals surface area contributed by atoms with E-state index in [-0.39, 0.29) is 36.6 Å². The van der Waals surface area contributed by atoms with E-state index in [4.69, 9.17) is 9.47 Å². The Kier molecular flexibility index (Phi) is 5.58. The second kappa shape index (κ2) is 7.72. The fraction of sp³-hybridized carbons (Fsp3) is 0.556. The number of hydrogen-bond acceptors (Lipinski definition) is 5. The van der Waals surface area contributed by atoms with Gasteiger partial charge in [-0.3, -0.25) is 9.59 Å². The Morgan fingerprint density at radius 3 is 2.73 bits per heavy atom. The molecule has 142 valence electrons. The number of nitrogens with one attached hydrogen (secondary N) is 1. The van der Waals surface area contributed by atoms with Crippen LogP contribution in [0, 0.1) is 5.92 Å². The number of amides is 2. The van der Waals surface area contributed by atoms with E-state index in [0.717, 1.165) is 12.2 Å². The van der Waals surface area contributed by atoms with Gasteiger partial charge in [0, 0.05) is 50.4 Å². The Morgan fingerprint density at radius 1 is 1.19 bits per heavy atom. The van der Waals surface area contributed by atoms with Crippen LogP contribution in [0.1, 0.15) is 13.3 Å². The maximum Gasteiger partial charge on any atom is 0.228 e. The Labute approximate surface area is 159 Å². The van der Waals surface area contributed by atoms with Gasteiger partial charge in [-0.1, -0.05) is 0 Å². The third-order valence-electron chi connectivity index (χ3n) is 4.99. The normalized spacial score (nSPS) is 25.0. The minimum atomic E-state index is -0.272. The van der Waals surface area contributed by atoms with Gasteiger partial charge in [0.15, 0.2) is 11.5 Å². The van der Waals surface area contributed by atoms with Crippen LogP contribution in [0.3, 0.4) is 0 Å². The number of anilines is 1. The second-order valence-corrected chi connectivity index (χ2v) is 6.87. The van der Waals surface area contributed by atoms with Crippen LogP contribution in [0.15, 0.2) is 18.2 Å². The van der Waals surface area contributed by atoms with Gasteiger partial charge in [-0.05, 0) is 19.1 Å². The molecular formula is C18H24ClN3O4. The SMILES string of the molecule is CC1CN(C(=O)C2CC(=O)N(c3ccc4c(c3)OCCO4)C2)CCN1.Cl. The van der Waals surface area contributed by atoms with Crippen molar-refractivity contribution in [1.82, 2.24) is 10.2 Å². The average molecular weight is 382 g/mol. The number of piperazine rings is 1. The van der Waals surface area contributed by atoms with Crippen molar-refractivity contribution in [3.8, 4) is 11.5 Å². The minimum absolute atomic E-state index is 0. The maximum atomic E-state index is 12.8. The van der Waals surface area contributed by atoms with E-state index in [9.17, 15) is 9.59 Å². The molecule has 1 N–H and O–H groups in total. The van der Waals surface area contributed by atoms with E-state index >= 15 is 0 Å². The Balaban J connectivity index is 0.00000196. The average Bonchev–Trinajstić information content (AvgIpc) is 3.02. The second-order valence-electron chi connectivity index (χ2n) is 6.87. The van der Waals surface area contributed by atoms with Crippen LogP contribution >= 0.6 is 12.4 Å². The molecule has 0 radical (unpaired) electrons. The molecule has 0 spiro atoms. The zero-order chi connectivity index (χ0) is 17.4. The van der Waals surface area contributed by atoms with E-state index < -0.39 is 0 Å². The molecule has 2 unspecified atom stereocenters. The van der Waals surface area contributed by atoms with Crippen LogP contribution in [0.4, 0.5) is 5.69 Å². The summed E-state index contributed by atoms with van der Waals surface area (Å²) in [7, 11) is 0. The summed E-state index contributed by atoms with van der Waals surface area (Å²) in [6.07, 6.45) is 0.269. The van der Waals surface area contributed by atoms with Crippen molar-refractivity contribution in [2.45, 2.75) is 19.4 Å². The molecule has 3 aliphatic heterocycles. The van der Waals surface area contributed by atoms with Gasteiger partial charge in [0.2, 0.25) is 11.8 Å². The monoisotopic (exact) mass is 381 g/mol. The summed E-state index contributed by atoms with van der Waals surface area (Å²) < 4.78 is 11.1. The molecule has 0 bridgehead atoms. The summed E-state index contributed by atoms with van der Waals surface area (Å²) in [6, 6.07) is 5.80. The molecule has 2 atom stereocenters. The number of fused-ring (bicyclic) bond motifs is 1. The number of nitrogens with zero attached hydrogens (tertiary/aromatic N) is 2. The quantitative estimate of drug-likeness (QED) is 0.829. The largest absolute Gasteiger partial charge is 0.486 e. The van der Waals surface area contributed by atoms with Crippen LogP contribution in [0.2, 0.25) is 0 Å². The Bertz CT molecular complexity index is 699. The molecule has 8 heteroatoms. The van der Waals surface area contributed by atoms with Crippen LogP contribution in [-0.2, 0) is 9.59 Å². The Hall–Kier alpha value is -1.99. The van der Waals surface area contributed by atoms with Crippen LogP contribution in [-0.4, -0.2) is 62.1 Å². The van der Waals surface area contributed by atoms with E-state index in [2.05, 4.69) is 12.2 Å². The lowest BCUT2D eigenvalue weighted by Gasteiger charge is -2.33. The summed E-state index contributed by atoms with van der Waals surface area (Å²) >= 11 is 0. The number of benzene rings is 1. The lowest BCUT2D eigenvalue weighted by Crippen LogP contribution is -2.53. The van der Waals surface area contributed by atoms with Crippen molar-refractivity contribution < 1.29 is 19.1 Å². The maximum absolute atomic E-state index is 12.8. The highest BCUT2D eigenvalue weighted by atomic mass is 35.5. The topological polar surface area (TPSA) is 71.1 Å². The number of carbonyl (C=O) groups is 2. The first-order valence-electron chi connectivity index (χ1n) is 8.84. The number of hydrogen-bond donors (Lipinski definition) is 1. The summed E-state index contributed by atoms with van der Waals surface area (Å²) in [5, 5.41) is 3.33. The zero-order valence-corrected chi connectivity index (χ0v) is 15.6. The van der Waals surface area contributed by atoms with E-state index in [1.165, 1.54) is 0 Å². The molecule has 7 nitrogen and oxygen atoms in total. The highest BCUT2D eigenvalue weighted by Gasteiger charge is 2.38. The first kappa shape index (κ1) is 18.8. The van der Waals surface area contributed by atoms with Crippen molar-refractivity contribution in [1.29, 1.82) is 0 Å². The number of rotatable bonds is 2. The van der Waals surface area contributed by atoms with Gasteiger partial charge in [0.05, 0.1) is 5.92 Å². The fourth-order valence-corrected chi connectivity index (χ4v) is 3.71. The van der Waals surface area contributed by atoms with Gasteiger partial charge in [-0.15, -0.1) is 12.4 Å². The van der Waals surface area contributed by atoms with Crippen molar-refractivity contribution in [3.63, 3.8) is 0 Å². The molecule has 26 heavy (non-hydrogen) atoms. The predicted molar refractivity (Wildman–Crippen MR) is 99.2 cm³/mol. The molecule has 3 aliphatic rings. The molecule has 2 amide bonds. The zero-order valence-electron chi connectivity index (χ0n) is 14.8. The van der Waals surface area contributed by atoms with E-state index in [1.54, 1.807) is 4.90 Å². The molecule has 0 saturated carbocycles. The van der Waals surface area contributed by atoms with Crippen molar-refractivity contribution in [2.75, 3.05) is 44.3 Å². The van der Waals surface area contributed by atoms with Gasteiger partial charge in [-0.25, -0.2) is 0 Å². The molecule has 0 aromatic heterocycles. The number of halogens is 1. The lowest BCUT2D eigenvalue weighted by molar-refractivity contribution is -0.136. The smallest absolute Gasteiger partial charge is 0.228 e. The van der Waals surface area contributed by atoms with Crippen LogP contribution in [0.25, 0.3) is 0 Å². The predicted octanol–water partition coefficient (Wildman–Crippen LogP) is 1.05. The van der Waals surface area contributed by atoms with Crippen molar-refractivity contribution >= 4 is 29.9 Å². The van der Waals surface area contributed by atoms with Gasteiger partial charge in [0.25, 0.3) is 0 Å². The molecule has 1 aromatic carbocycles. The third-order valence-corrected chi connectivity index (χ3v) is 4.99. The Morgan fingerprint density at radius 2 is 1.96 bits per heavy atom. The molecule has 2 saturated heterocycles. The first-order valence-corrected chi connectivity index (χ1v) is 8.84. The molecule has 3 heterocycles. The van der Waals surface area contributed by atoms with Gasteiger partial charge in [0.1, 0.15) is 13.2 Å². The highest BCUT2D eigenvalue weighted by Crippen LogP contribution is 2.36. The minimum Gasteiger partial charge on any atom is -0.486 e. The van der Waals surface area contributed by atoms with E-state index in [1.807, 2.05) is 23.1 Å². The van der Waals surface area contributed by atoms with Gasteiger partial charge >= 0.3 is 0 Å². The third kappa shape index (κ3) is 3.59. The van der Waals surface area contributed by atoms with Crippen molar-refractivity contribution in [2.24, 2.45) is 5.92 Å². The first-order chi connectivity index (χ1) is 12.1. The molecular weight excluding hydrogens is 358 g/mol. The summed E-state index contributed by atoms with van der Waals surface area (Å²) in [6.45, 7) is 5.75. The van der Waals surface area contributed by atoms with Crippen LogP contribution < -0.4 is 19.7 Å². The summed E-state index contributed by atoms with van der Waals surface area (Å²) in [5.74, 6) is 1.15. The van der Waals surface area contributed by atoms with Gasteiger partial charge in [-0.2, -0.15) is 0 Å². The highest BCUT2D eigenvalue weighted by molar-refractivity contribution is 6.00. The fourth-order valence-electron chi connectivity index (χ4n) is 3.71. The summed E-state index contributed by atoms with van der Waals surface area (Å²) in [4.78, 5) is 28.8. The van der Waals surface area contributed by atoms with Gasteiger partial charge < -0.3 is 24.6 Å². The molecule has 1 aromatic rings. The number of ether oxygens (including phenoxy) is 2. The molecule has 2 fully saturated rings. The summed E-state index contributed by atoms with van der Waals surface area (Å²) in [5.41, 5.74) is 0.762. The number of carbonyl (C=O) groups excluding carboxylic acids is 2. The lowest BCUT2D eigenvalue weighted by atomic mass is 10.1. The molecule has 0 aliphatic carbocycles. The van der Waals surface area contributed by atoms with E-state index in [0.29, 0.717) is 50.4 Å². The standard InChI is InChI=1S/C18H23N3O4.ClH/c1-12-10-20(5-4-19-12)18(23)13-8-17(22)21(11-13)14-2-3-15-16(9-14)25-7-6-24-15;/h2-3,9,12-13,19H,4-8,10-11H2,1H3;1H. The molecule has 4 rings (SSSR count).